The lowest BCUT2D eigenvalue weighted by molar-refractivity contribution is -0.386. The van der Waals surface area contributed by atoms with Crippen LogP contribution in [-0.2, 0) is 9.05 Å². The van der Waals surface area contributed by atoms with Crippen molar-refractivity contribution < 1.29 is 22.1 Å². The van der Waals surface area contributed by atoms with Crippen LogP contribution in [0.25, 0.3) is 0 Å². The first-order valence-corrected chi connectivity index (χ1v) is 6.54. The monoisotopic (exact) mass is 305 g/mol. The highest BCUT2D eigenvalue weighted by Crippen LogP contribution is 2.38. The summed E-state index contributed by atoms with van der Waals surface area (Å²) < 4.78 is 47.4. The van der Waals surface area contributed by atoms with E-state index in [2.05, 4.69) is 0 Å². The highest BCUT2D eigenvalue weighted by atomic mass is 35.7. The predicted molar refractivity (Wildman–Crippen MR) is 56.1 cm³/mol. The van der Waals surface area contributed by atoms with Gasteiger partial charge in [0.1, 0.15) is 5.56 Å². The third-order valence-electron chi connectivity index (χ3n) is 1.76. The van der Waals surface area contributed by atoms with Gasteiger partial charge in [-0.2, -0.15) is 0 Å². The quantitative estimate of drug-likeness (QED) is 0.488. The van der Waals surface area contributed by atoms with Crippen molar-refractivity contribution in [3.05, 3.63) is 32.8 Å². The highest BCUT2D eigenvalue weighted by molar-refractivity contribution is 8.13. The zero-order chi connectivity index (χ0) is 13.4. The molecular weight excluding hydrogens is 303 g/mol. The van der Waals surface area contributed by atoms with Crippen molar-refractivity contribution in [1.29, 1.82) is 0 Å². The minimum absolute atomic E-state index is 0.375. The van der Waals surface area contributed by atoms with Gasteiger partial charge in [-0.3, -0.25) is 10.1 Å². The molecule has 1 rings (SSSR count). The molecule has 0 saturated heterocycles. The Morgan fingerprint density at radius 2 is 1.88 bits per heavy atom. The second-order valence-electron chi connectivity index (χ2n) is 2.83. The molecule has 0 aliphatic carbocycles. The average molecular weight is 306 g/mol. The summed E-state index contributed by atoms with van der Waals surface area (Å²) in [5, 5.41) is 10.2. The molecule has 0 aliphatic rings. The Kier molecular flexibility index (Phi) is 3.90. The van der Waals surface area contributed by atoms with Crippen molar-refractivity contribution >= 4 is 37.0 Å². The van der Waals surface area contributed by atoms with Gasteiger partial charge in [0.2, 0.25) is 0 Å². The Labute approximate surface area is 104 Å². The molecule has 0 atom stereocenters. The van der Waals surface area contributed by atoms with Crippen molar-refractivity contribution in [2.24, 2.45) is 0 Å². The summed E-state index contributed by atoms with van der Waals surface area (Å²) in [5.41, 5.74) is -2.36. The number of nitrogens with zero attached hydrogens (tertiary/aromatic N) is 1. The van der Waals surface area contributed by atoms with Gasteiger partial charge in [0.05, 0.1) is 9.82 Å². The molecule has 0 heterocycles. The van der Waals surface area contributed by atoms with Crippen molar-refractivity contribution in [3.8, 4) is 0 Å². The van der Waals surface area contributed by atoms with Crippen LogP contribution in [0.3, 0.4) is 0 Å². The van der Waals surface area contributed by atoms with Crippen LogP contribution in [0, 0.1) is 10.1 Å². The molecule has 0 fully saturated rings. The molecule has 0 radical (unpaired) electrons. The van der Waals surface area contributed by atoms with Gasteiger partial charge in [-0.05, 0) is 6.07 Å². The molecule has 94 valence electrons. The first-order valence-electron chi connectivity index (χ1n) is 3.85. The van der Waals surface area contributed by atoms with Crippen LogP contribution in [0.2, 0.25) is 5.02 Å². The summed E-state index contributed by atoms with van der Waals surface area (Å²) in [6.07, 6.45) is -3.36. The van der Waals surface area contributed by atoms with Crippen LogP contribution in [-0.4, -0.2) is 13.3 Å². The first-order chi connectivity index (χ1) is 7.64. The molecular formula is C7H3Cl2F2NO4S. The first kappa shape index (κ1) is 14.1. The maximum Gasteiger partial charge on any atom is 0.281 e. The fourth-order valence-corrected chi connectivity index (χ4v) is 2.54. The van der Waals surface area contributed by atoms with E-state index in [1.165, 1.54) is 0 Å². The maximum absolute atomic E-state index is 12.6. The zero-order valence-electron chi connectivity index (χ0n) is 7.73. The van der Waals surface area contributed by atoms with Crippen LogP contribution in [0.4, 0.5) is 14.5 Å². The van der Waals surface area contributed by atoms with Crippen molar-refractivity contribution in [3.63, 3.8) is 0 Å². The Hall–Kier alpha value is -0.990. The van der Waals surface area contributed by atoms with E-state index in [4.69, 9.17) is 22.3 Å². The topological polar surface area (TPSA) is 77.3 Å². The van der Waals surface area contributed by atoms with Gasteiger partial charge < -0.3 is 0 Å². The van der Waals surface area contributed by atoms with Crippen LogP contribution in [0.15, 0.2) is 17.0 Å². The third-order valence-corrected chi connectivity index (χ3v) is 3.34. The fourth-order valence-electron chi connectivity index (χ4n) is 1.15. The van der Waals surface area contributed by atoms with Gasteiger partial charge >= 0.3 is 0 Å². The number of hydrogen-bond acceptors (Lipinski definition) is 4. The lowest BCUT2D eigenvalue weighted by atomic mass is 10.2. The lowest BCUT2D eigenvalue weighted by Gasteiger charge is -2.07. The fraction of sp³-hybridized carbons (Fsp3) is 0.143. The van der Waals surface area contributed by atoms with Gasteiger partial charge in [-0.1, -0.05) is 11.6 Å². The SMILES string of the molecule is O=[N+]([O-])c1cc(Cl)cc(S(=O)(=O)Cl)c1C(F)F. The normalized spacial score (nSPS) is 11.8. The smallest absolute Gasteiger partial charge is 0.258 e. The molecule has 1 aromatic rings. The maximum atomic E-state index is 12.6. The molecule has 5 nitrogen and oxygen atoms in total. The van der Waals surface area contributed by atoms with Crippen molar-refractivity contribution in [1.82, 2.24) is 0 Å². The van der Waals surface area contributed by atoms with Crippen LogP contribution >= 0.6 is 22.3 Å². The molecule has 0 aromatic heterocycles. The summed E-state index contributed by atoms with van der Waals surface area (Å²) in [6.45, 7) is 0. The van der Waals surface area contributed by atoms with Gasteiger partial charge in [-0.25, -0.2) is 17.2 Å². The minimum Gasteiger partial charge on any atom is -0.258 e. The average Bonchev–Trinajstić information content (AvgIpc) is 2.14. The molecule has 1 aromatic carbocycles. The van der Waals surface area contributed by atoms with E-state index in [0.29, 0.717) is 12.1 Å². The van der Waals surface area contributed by atoms with E-state index in [0.717, 1.165) is 0 Å². The van der Waals surface area contributed by atoms with Crippen LogP contribution in [0.1, 0.15) is 12.0 Å². The number of rotatable bonds is 3. The molecule has 0 spiro atoms. The number of alkyl halides is 2. The van der Waals surface area contributed by atoms with E-state index < -0.39 is 36.5 Å². The Morgan fingerprint density at radius 1 is 1.35 bits per heavy atom. The summed E-state index contributed by atoms with van der Waals surface area (Å²) in [4.78, 5) is 8.32. The molecule has 17 heavy (non-hydrogen) atoms. The molecule has 0 bridgehead atoms. The second kappa shape index (κ2) is 4.71. The second-order valence-corrected chi connectivity index (χ2v) is 5.80. The molecule has 10 heteroatoms. The number of nitro benzene ring substituents is 1. The van der Waals surface area contributed by atoms with E-state index in [-0.39, 0.29) is 5.02 Å². The van der Waals surface area contributed by atoms with Crippen LogP contribution < -0.4 is 0 Å². The van der Waals surface area contributed by atoms with E-state index in [9.17, 15) is 27.3 Å². The zero-order valence-corrected chi connectivity index (χ0v) is 10.1. The summed E-state index contributed by atoms with van der Waals surface area (Å²) in [5.74, 6) is 0. The standard InChI is InChI=1S/C7H3Cl2F2NO4S/c8-3-1-4(12(13)14)6(7(10)11)5(2-3)17(9,15)16/h1-2,7H. The summed E-state index contributed by atoms with van der Waals surface area (Å²) in [7, 11) is 0.360. The number of nitro groups is 1. The Bertz CT molecular complexity index is 575. The van der Waals surface area contributed by atoms with Gasteiger partial charge in [0.15, 0.2) is 0 Å². The molecule has 0 saturated carbocycles. The van der Waals surface area contributed by atoms with Crippen molar-refractivity contribution in [2.45, 2.75) is 11.3 Å². The molecule has 0 unspecified atom stereocenters. The third kappa shape index (κ3) is 3.02. The molecule has 0 aliphatic heterocycles. The summed E-state index contributed by atoms with van der Waals surface area (Å²) >= 11 is 5.40. The molecule has 0 amide bonds. The van der Waals surface area contributed by atoms with Gasteiger partial charge in [0.25, 0.3) is 21.2 Å². The van der Waals surface area contributed by atoms with Gasteiger partial charge in [-0.15, -0.1) is 0 Å². The Morgan fingerprint density at radius 3 is 2.24 bits per heavy atom. The largest absolute Gasteiger partial charge is 0.281 e. The van der Waals surface area contributed by atoms with Gasteiger partial charge in [0, 0.05) is 21.8 Å². The lowest BCUT2D eigenvalue weighted by Crippen LogP contribution is -2.04. The van der Waals surface area contributed by atoms with E-state index in [1.807, 2.05) is 0 Å². The van der Waals surface area contributed by atoms with Crippen LogP contribution in [0.5, 0.6) is 0 Å². The van der Waals surface area contributed by atoms with E-state index >= 15 is 0 Å². The number of hydrogen-bond donors (Lipinski definition) is 0. The Balaban J connectivity index is 3.77. The number of benzene rings is 1. The summed E-state index contributed by atoms with van der Waals surface area (Å²) in [6, 6.07) is 1.27. The molecule has 0 N–H and O–H groups in total. The van der Waals surface area contributed by atoms with E-state index in [1.54, 1.807) is 0 Å². The predicted octanol–water partition coefficient (Wildman–Crippen LogP) is 3.11. The van der Waals surface area contributed by atoms with Crippen molar-refractivity contribution in [2.75, 3.05) is 0 Å². The number of halogens is 4. The minimum atomic E-state index is -4.55. The highest BCUT2D eigenvalue weighted by Gasteiger charge is 2.31.